The smallest absolute Gasteiger partial charge is 0.268 e. The van der Waals surface area contributed by atoms with Gasteiger partial charge in [0.1, 0.15) is 11.7 Å². The number of benzene rings is 1. The molecule has 1 unspecified atom stereocenters. The number of H-pyrrole nitrogens is 1. The zero-order valence-electron chi connectivity index (χ0n) is 24.1. The maximum Gasteiger partial charge on any atom is 0.268 e. The maximum absolute atomic E-state index is 13.4. The first-order valence-corrected chi connectivity index (χ1v) is 14.4. The maximum atomic E-state index is 13.4. The number of aromatic amines is 1. The van der Waals surface area contributed by atoms with Crippen molar-refractivity contribution in [1.29, 1.82) is 0 Å². The number of nitrogens with one attached hydrogen (secondary N) is 3. The average Bonchev–Trinajstić information content (AvgIpc) is 3.21. The number of fused-ring (bicyclic) bond motifs is 1. The molecule has 4 rings (SSSR count). The van der Waals surface area contributed by atoms with E-state index in [4.69, 9.17) is 0 Å². The number of likely N-dealkylation sites (tertiary alicyclic amines) is 1. The first-order chi connectivity index (χ1) is 18.9. The van der Waals surface area contributed by atoms with Crippen molar-refractivity contribution in [2.75, 3.05) is 25.0 Å². The highest BCUT2D eigenvalue weighted by molar-refractivity contribution is 6.06. The van der Waals surface area contributed by atoms with Crippen LogP contribution in [-0.4, -0.2) is 59.1 Å². The molecule has 0 bridgehead atoms. The molecule has 7 nitrogen and oxygen atoms in total. The molecule has 0 saturated carbocycles. The molecule has 9 heteroatoms. The number of rotatable bonds is 10. The van der Waals surface area contributed by atoms with Crippen molar-refractivity contribution in [3.63, 3.8) is 0 Å². The lowest BCUT2D eigenvalue weighted by atomic mass is 9.75. The number of halogens is 2. The van der Waals surface area contributed by atoms with Gasteiger partial charge in [-0.25, -0.2) is 8.78 Å². The number of unbranched alkanes of at least 4 members (excludes halogenated alkanes) is 1. The van der Waals surface area contributed by atoms with Gasteiger partial charge in [0.25, 0.3) is 11.8 Å². The van der Waals surface area contributed by atoms with Gasteiger partial charge in [0.2, 0.25) is 5.91 Å². The third kappa shape index (κ3) is 7.36. The van der Waals surface area contributed by atoms with Gasteiger partial charge < -0.3 is 20.5 Å². The quantitative estimate of drug-likeness (QED) is 0.351. The number of hydrogen-bond acceptors (Lipinski definition) is 4. The molecule has 1 atom stereocenters. The predicted octanol–water partition coefficient (Wildman–Crippen LogP) is 5.68. The Morgan fingerprint density at radius 3 is 2.42 bits per heavy atom. The molecular weight excluding hydrogens is 514 g/mol. The standard InChI is InChI=1S/C31H42F2N4O3/c1-5-6-7-23(36-29(40)27-20(2)26-24(35-27)18-30(3,4)19-25(26)38)28(39)34-22-10-8-21(9-11-22)12-15-37-16-13-31(32,33)14-17-37/h8-11,23,35H,5-7,12-19H2,1-4H3,(H,34,39)(H,36,40). The summed E-state index contributed by atoms with van der Waals surface area (Å²) < 4.78 is 26.8. The molecule has 0 spiro atoms. The summed E-state index contributed by atoms with van der Waals surface area (Å²) in [7, 11) is 0. The summed E-state index contributed by atoms with van der Waals surface area (Å²) in [6.07, 6.45) is 3.84. The molecule has 1 aliphatic carbocycles. The molecule has 1 fully saturated rings. The van der Waals surface area contributed by atoms with E-state index in [9.17, 15) is 23.2 Å². The van der Waals surface area contributed by atoms with Crippen LogP contribution in [-0.2, 0) is 17.6 Å². The summed E-state index contributed by atoms with van der Waals surface area (Å²) in [5, 5.41) is 5.81. The van der Waals surface area contributed by atoms with E-state index in [0.29, 0.717) is 54.9 Å². The van der Waals surface area contributed by atoms with Crippen LogP contribution in [0.5, 0.6) is 0 Å². The molecule has 2 aromatic rings. The number of piperidine rings is 1. The van der Waals surface area contributed by atoms with Gasteiger partial charge in [0, 0.05) is 55.8 Å². The number of aromatic nitrogens is 1. The average molecular weight is 557 g/mol. The zero-order valence-corrected chi connectivity index (χ0v) is 24.1. The minimum Gasteiger partial charge on any atom is -0.354 e. The number of alkyl halides is 2. The first-order valence-electron chi connectivity index (χ1n) is 14.4. The second kappa shape index (κ2) is 12.2. The number of hydrogen-bond donors (Lipinski definition) is 3. The Labute approximate surface area is 235 Å². The van der Waals surface area contributed by atoms with Crippen molar-refractivity contribution in [2.24, 2.45) is 5.41 Å². The summed E-state index contributed by atoms with van der Waals surface area (Å²) >= 11 is 0. The van der Waals surface area contributed by atoms with Gasteiger partial charge in [0.15, 0.2) is 5.78 Å². The molecule has 218 valence electrons. The highest BCUT2D eigenvalue weighted by Gasteiger charge is 2.36. The Balaban J connectivity index is 1.36. The van der Waals surface area contributed by atoms with Crippen LogP contribution in [0.15, 0.2) is 24.3 Å². The van der Waals surface area contributed by atoms with Gasteiger partial charge in [-0.1, -0.05) is 45.7 Å². The Hall–Kier alpha value is -3.07. The fourth-order valence-corrected chi connectivity index (χ4v) is 5.74. The van der Waals surface area contributed by atoms with E-state index in [1.807, 2.05) is 45.0 Å². The van der Waals surface area contributed by atoms with E-state index in [0.717, 1.165) is 37.1 Å². The summed E-state index contributed by atoms with van der Waals surface area (Å²) in [5.41, 5.74) is 3.90. The summed E-state index contributed by atoms with van der Waals surface area (Å²) in [4.78, 5) is 44.5. The summed E-state index contributed by atoms with van der Waals surface area (Å²) in [6, 6.07) is 6.79. The Morgan fingerprint density at radius 2 is 1.77 bits per heavy atom. The van der Waals surface area contributed by atoms with Crippen LogP contribution >= 0.6 is 0 Å². The highest BCUT2D eigenvalue weighted by Crippen LogP contribution is 2.36. The minimum atomic E-state index is -2.54. The van der Waals surface area contributed by atoms with E-state index in [1.165, 1.54) is 0 Å². The molecule has 2 amide bonds. The number of ketones is 1. The largest absolute Gasteiger partial charge is 0.354 e. The van der Waals surface area contributed by atoms with E-state index in [1.54, 1.807) is 6.92 Å². The topological polar surface area (TPSA) is 94.3 Å². The molecule has 3 N–H and O–H groups in total. The molecule has 2 aliphatic rings. The predicted molar refractivity (Wildman–Crippen MR) is 152 cm³/mol. The van der Waals surface area contributed by atoms with Gasteiger partial charge in [-0.05, 0) is 54.9 Å². The van der Waals surface area contributed by atoms with Crippen LogP contribution in [0, 0.1) is 12.3 Å². The SMILES string of the molecule is CCCCC(NC(=O)c1[nH]c2c(c1C)C(=O)CC(C)(C)C2)C(=O)Nc1ccc(CCN2CCC(F)(F)CC2)cc1. The number of nitrogens with zero attached hydrogens (tertiary/aromatic N) is 1. The van der Waals surface area contributed by atoms with Crippen molar-refractivity contribution in [3.05, 3.63) is 52.3 Å². The van der Waals surface area contributed by atoms with Crippen LogP contribution < -0.4 is 10.6 Å². The first kappa shape index (κ1) is 29.9. The number of carbonyl (C=O) groups is 3. The number of carbonyl (C=O) groups excluding carboxylic acids is 3. The van der Waals surface area contributed by atoms with Crippen LogP contribution in [0.4, 0.5) is 14.5 Å². The van der Waals surface area contributed by atoms with Crippen molar-refractivity contribution < 1.29 is 23.2 Å². The van der Waals surface area contributed by atoms with Gasteiger partial charge in [-0.2, -0.15) is 0 Å². The van der Waals surface area contributed by atoms with Gasteiger partial charge in [0.05, 0.1) is 0 Å². The number of amides is 2. The van der Waals surface area contributed by atoms with Crippen molar-refractivity contribution >= 4 is 23.3 Å². The van der Waals surface area contributed by atoms with E-state index < -0.39 is 12.0 Å². The van der Waals surface area contributed by atoms with Crippen LogP contribution in [0.3, 0.4) is 0 Å². The third-order valence-electron chi connectivity index (χ3n) is 8.12. The second-order valence-corrected chi connectivity index (χ2v) is 12.2. The van der Waals surface area contributed by atoms with Crippen LogP contribution in [0.2, 0.25) is 0 Å². The monoisotopic (exact) mass is 556 g/mol. The van der Waals surface area contributed by atoms with Crippen molar-refractivity contribution in [2.45, 2.75) is 91.0 Å². The Bertz CT molecular complexity index is 1230. The Morgan fingerprint density at radius 1 is 1.10 bits per heavy atom. The fourth-order valence-electron chi connectivity index (χ4n) is 5.74. The highest BCUT2D eigenvalue weighted by atomic mass is 19.3. The van der Waals surface area contributed by atoms with Gasteiger partial charge >= 0.3 is 0 Å². The lowest BCUT2D eigenvalue weighted by Crippen LogP contribution is -2.44. The second-order valence-electron chi connectivity index (χ2n) is 12.2. The summed E-state index contributed by atoms with van der Waals surface area (Å²) in [6.45, 7) is 9.43. The van der Waals surface area contributed by atoms with E-state index in [2.05, 4.69) is 20.5 Å². The molecule has 1 saturated heterocycles. The van der Waals surface area contributed by atoms with E-state index in [-0.39, 0.29) is 35.9 Å². The lowest BCUT2D eigenvalue weighted by molar-refractivity contribution is -0.118. The zero-order chi connectivity index (χ0) is 29.1. The Kier molecular flexibility index (Phi) is 9.12. The third-order valence-corrected chi connectivity index (χ3v) is 8.12. The van der Waals surface area contributed by atoms with Crippen LogP contribution in [0.1, 0.15) is 97.0 Å². The van der Waals surface area contributed by atoms with Crippen LogP contribution in [0.25, 0.3) is 0 Å². The van der Waals surface area contributed by atoms with Crippen molar-refractivity contribution in [1.82, 2.24) is 15.2 Å². The molecule has 2 heterocycles. The molecule has 1 aromatic carbocycles. The molecular formula is C31H42F2N4O3. The molecule has 1 aromatic heterocycles. The molecule has 0 radical (unpaired) electrons. The van der Waals surface area contributed by atoms with E-state index >= 15 is 0 Å². The minimum absolute atomic E-state index is 0.0419. The molecule has 1 aliphatic heterocycles. The lowest BCUT2D eigenvalue weighted by Gasteiger charge is -2.31. The fraction of sp³-hybridized carbons (Fsp3) is 0.581. The number of Topliss-reactive ketones (excluding diaryl/α,β-unsaturated/α-hetero) is 1. The summed E-state index contributed by atoms with van der Waals surface area (Å²) in [5.74, 6) is -3.18. The van der Waals surface area contributed by atoms with Gasteiger partial charge in [-0.3, -0.25) is 14.4 Å². The normalized spacial score (nSPS) is 19.1. The van der Waals surface area contributed by atoms with Crippen molar-refractivity contribution in [3.8, 4) is 0 Å². The van der Waals surface area contributed by atoms with Gasteiger partial charge in [-0.15, -0.1) is 0 Å². The molecule has 40 heavy (non-hydrogen) atoms. The number of anilines is 1.